The highest BCUT2D eigenvalue weighted by Crippen LogP contribution is 2.40. The molecule has 0 saturated carbocycles. The van der Waals surface area contributed by atoms with Crippen LogP contribution in [0.5, 0.6) is 0 Å². The van der Waals surface area contributed by atoms with Crippen molar-refractivity contribution in [2.45, 2.75) is 57.3 Å². The number of anilines is 1. The number of carbonyl (C=O) groups is 1. The number of fused-ring (bicyclic) bond motifs is 2. The highest BCUT2D eigenvalue weighted by molar-refractivity contribution is 7.11. The van der Waals surface area contributed by atoms with E-state index in [1.165, 1.54) is 22.6 Å². The van der Waals surface area contributed by atoms with Gasteiger partial charge in [0.1, 0.15) is 6.10 Å². The number of nitrogens with zero attached hydrogens (tertiary/aromatic N) is 2. The first kappa shape index (κ1) is 18.5. The van der Waals surface area contributed by atoms with Gasteiger partial charge in [-0.15, -0.1) is 11.3 Å². The van der Waals surface area contributed by atoms with E-state index in [-0.39, 0.29) is 12.2 Å². The molecule has 3 atom stereocenters. The van der Waals surface area contributed by atoms with Crippen LogP contribution in [-0.2, 0) is 11.3 Å². The van der Waals surface area contributed by atoms with Gasteiger partial charge in [-0.3, -0.25) is 4.90 Å². The minimum absolute atomic E-state index is 0.0393. The van der Waals surface area contributed by atoms with E-state index in [1.807, 2.05) is 30.3 Å². The number of ether oxygens (including phenoxy) is 1. The van der Waals surface area contributed by atoms with Crippen molar-refractivity contribution in [3.63, 3.8) is 0 Å². The molecule has 5 heteroatoms. The monoisotopic (exact) mass is 385 g/mol. The maximum atomic E-state index is 13.1. The highest BCUT2D eigenvalue weighted by atomic mass is 32.1. The zero-order valence-electron chi connectivity index (χ0n) is 16.4. The van der Waals surface area contributed by atoms with Crippen LogP contribution in [0.15, 0.2) is 42.5 Å². The van der Waals surface area contributed by atoms with Crippen LogP contribution in [0.3, 0.4) is 0 Å². The molecule has 1 amide bonds. The maximum absolute atomic E-state index is 13.1. The highest BCUT2D eigenvalue weighted by Gasteiger charge is 2.50. The van der Waals surface area contributed by atoms with Crippen molar-refractivity contribution < 1.29 is 14.0 Å². The molecule has 2 aliphatic heterocycles. The third-order valence-corrected chi connectivity index (χ3v) is 7.44. The van der Waals surface area contributed by atoms with Gasteiger partial charge in [0.2, 0.25) is 0 Å². The summed E-state index contributed by atoms with van der Waals surface area (Å²) in [6.45, 7) is 2.65. The molecule has 2 aliphatic rings. The molecule has 1 unspecified atom stereocenters. The van der Waals surface area contributed by atoms with Crippen LogP contribution in [0.2, 0.25) is 0 Å². The second-order valence-corrected chi connectivity index (χ2v) is 9.80. The summed E-state index contributed by atoms with van der Waals surface area (Å²) in [7, 11) is 4.66. The number of para-hydroxylation sites is 1. The van der Waals surface area contributed by atoms with E-state index in [9.17, 15) is 4.79 Å². The molecule has 2 bridgehead atoms. The van der Waals surface area contributed by atoms with E-state index in [0.717, 1.165) is 23.0 Å². The van der Waals surface area contributed by atoms with Gasteiger partial charge in [-0.1, -0.05) is 18.2 Å². The van der Waals surface area contributed by atoms with Crippen molar-refractivity contribution in [3.8, 4) is 0 Å². The van der Waals surface area contributed by atoms with Crippen molar-refractivity contribution in [2.24, 2.45) is 0 Å². The Hall–Kier alpha value is -1.85. The largest absolute Gasteiger partial charge is 0.445 e. The van der Waals surface area contributed by atoms with Gasteiger partial charge in [-0.25, -0.2) is 4.79 Å². The molecule has 2 aromatic rings. The Kier molecular flexibility index (Phi) is 4.99. The fraction of sp³-hybridized carbons (Fsp3) is 0.500. The van der Waals surface area contributed by atoms with Crippen LogP contribution in [0, 0.1) is 6.92 Å². The Morgan fingerprint density at radius 3 is 2.37 bits per heavy atom. The molecule has 1 aromatic heterocycles. The lowest BCUT2D eigenvalue weighted by atomic mass is 9.98. The number of aryl methyl sites for hydroxylation is 1. The van der Waals surface area contributed by atoms with Crippen LogP contribution in [0.25, 0.3) is 0 Å². The Labute approximate surface area is 166 Å². The topological polar surface area (TPSA) is 29.5 Å². The molecule has 2 fully saturated rings. The number of amides is 1. The molecule has 0 spiro atoms. The Balaban J connectivity index is 1.49. The maximum Gasteiger partial charge on any atom is 0.414 e. The molecule has 4 nitrogen and oxygen atoms in total. The SMILES string of the molecule is Cc1ccc(CN(C(=O)OC2C[C@H]3CC[C@@H](C2)[N+]3(C)C)c2ccccc2)s1. The van der Waals surface area contributed by atoms with Gasteiger partial charge in [-0.2, -0.15) is 0 Å². The first-order chi connectivity index (χ1) is 12.9. The fourth-order valence-corrected chi connectivity index (χ4v) is 5.61. The number of benzene rings is 1. The van der Waals surface area contributed by atoms with Crippen molar-refractivity contribution in [1.82, 2.24) is 0 Å². The molecule has 0 radical (unpaired) electrons. The summed E-state index contributed by atoms with van der Waals surface area (Å²) in [5.74, 6) is 0. The van der Waals surface area contributed by atoms with Gasteiger partial charge in [0.25, 0.3) is 0 Å². The number of hydrogen-bond acceptors (Lipinski definition) is 3. The molecule has 2 saturated heterocycles. The summed E-state index contributed by atoms with van der Waals surface area (Å²) in [4.78, 5) is 17.3. The van der Waals surface area contributed by atoms with Gasteiger partial charge in [0.15, 0.2) is 0 Å². The minimum atomic E-state index is -0.219. The van der Waals surface area contributed by atoms with E-state index < -0.39 is 0 Å². The third-order valence-electron chi connectivity index (χ3n) is 6.45. The van der Waals surface area contributed by atoms with Crippen molar-refractivity contribution in [3.05, 3.63) is 52.2 Å². The Morgan fingerprint density at radius 2 is 1.78 bits per heavy atom. The average Bonchev–Trinajstić information content (AvgIpc) is 3.07. The Morgan fingerprint density at radius 1 is 1.11 bits per heavy atom. The molecular formula is C22H29N2O2S+. The molecule has 144 valence electrons. The lowest BCUT2D eigenvalue weighted by molar-refractivity contribution is -0.931. The van der Waals surface area contributed by atoms with Crippen molar-refractivity contribution in [1.29, 1.82) is 0 Å². The molecule has 4 rings (SSSR count). The summed E-state index contributed by atoms with van der Waals surface area (Å²) in [5, 5.41) is 0. The predicted octanol–water partition coefficient (Wildman–Crippen LogP) is 4.97. The normalized spacial score (nSPS) is 26.0. The number of rotatable bonds is 4. The lowest BCUT2D eigenvalue weighted by Gasteiger charge is -2.44. The van der Waals surface area contributed by atoms with Crippen LogP contribution < -0.4 is 4.90 Å². The summed E-state index contributed by atoms with van der Waals surface area (Å²) < 4.78 is 7.13. The molecular weight excluding hydrogens is 356 g/mol. The van der Waals surface area contributed by atoms with E-state index in [2.05, 4.69) is 33.2 Å². The third kappa shape index (κ3) is 3.76. The van der Waals surface area contributed by atoms with Gasteiger partial charge in [0.05, 0.1) is 32.7 Å². The smallest absolute Gasteiger partial charge is 0.414 e. The second kappa shape index (κ2) is 7.28. The summed E-state index contributed by atoms with van der Waals surface area (Å²) >= 11 is 1.73. The van der Waals surface area contributed by atoms with Gasteiger partial charge in [0, 0.05) is 41.1 Å². The van der Waals surface area contributed by atoms with Gasteiger partial charge >= 0.3 is 6.09 Å². The second-order valence-electron chi connectivity index (χ2n) is 8.43. The van der Waals surface area contributed by atoms with Crippen LogP contribution in [0.1, 0.15) is 35.4 Å². The first-order valence-electron chi connectivity index (χ1n) is 9.85. The van der Waals surface area contributed by atoms with Crippen LogP contribution in [0.4, 0.5) is 10.5 Å². The zero-order chi connectivity index (χ0) is 19.0. The number of carbonyl (C=O) groups excluding carboxylic acids is 1. The summed E-state index contributed by atoms with van der Waals surface area (Å²) in [6.07, 6.45) is 4.29. The first-order valence-corrected chi connectivity index (χ1v) is 10.7. The molecule has 0 aliphatic carbocycles. The number of hydrogen-bond donors (Lipinski definition) is 0. The van der Waals surface area contributed by atoms with Crippen molar-refractivity contribution in [2.75, 3.05) is 19.0 Å². The van der Waals surface area contributed by atoms with E-state index in [1.54, 1.807) is 16.2 Å². The van der Waals surface area contributed by atoms with E-state index in [0.29, 0.717) is 18.6 Å². The number of piperidine rings is 1. The quantitative estimate of drug-likeness (QED) is 0.696. The molecule has 3 heterocycles. The lowest BCUT2D eigenvalue weighted by Crippen LogP contribution is -2.56. The van der Waals surface area contributed by atoms with E-state index in [4.69, 9.17) is 4.74 Å². The average molecular weight is 386 g/mol. The summed E-state index contributed by atoms with van der Waals surface area (Å²) in [5.41, 5.74) is 0.892. The van der Waals surface area contributed by atoms with Crippen molar-refractivity contribution >= 4 is 23.1 Å². The van der Waals surface area contributed by atoms with Crippen LogP contribution in [-0.4, -0.2) is 42.9 Å². The Bertz CT molecular complexity index is 786. The summed E-state index contributed by atoms with van der Waals surface area (Å²) in [6, 6.07) is 15.3. The molecule has 0 N–H and O–H groups in total. The number of thiophene rings is 1. The zero-order valence-corrected chi connectivity index (χ0v) is 17.2. The predicted molar refractivity (Wildman–Crippen MR) is 110 cm³/mol. The van der Waals surface area contributed by atoms with Gasteiger partial charge in [-0.05, 0) is 31.2 Å². The molecule has 27 heavy (non-hydrogen) atoms. The minimum Gasteiger partial charge on any atom is -0.445 e. The number of quaternary nitrogens is 1. The molecule has 1 aromatic carbocycles. The van der Waals surface area contributed by atoms with Gasteiger partial charge < -0.3 is 9.22 Å². The fourth-order valence-electron chi connectivity index (χ4n) is 4.73. The van der Waals surface area contributed by atoms with E-state index >= 15 is 0 Å². The standard InChI is InChI=1S/C22H29N2O2S/c1-16-9-12-21(27-16)15-23(17-7-5-4-6-8-17)22(25)26-20-13-18-10-11-19(14-20)24(18,2)3/h4-9,12,18-20H,10-11,13-15H2,1-3H3/q+1/t18-,19+,20?. The van der Waals surface area contributed by atoms with Crippen LogP contribution >= 0.6 is 11.3 Å².